The molecule has 0 aliphatic rings. The molecule has 0 bridgehead atoms. The van der Waals surface area contributed by atoms with E-state index in [1.807, 2.05) is 0 Å². The third kappa shape index (κ3) is 3.28. The summed E-state index contributed by atoms with van der Waals surface area (Å²) in [6, 6.07) is 5.38. The van der Waals surface area contributed by atoms with E-state index in [4.69, 9.17) is 10.7 Å². The summed E-state index contributed by atoms with van der Waals surface area (Å²) >= 11 is 0. The Morgan fingerprint density at radius 2 is 1.64 bits per heavy atom. The highest BCUT2D eigenvalue weighted by molar-refractivity contribution is 8.13. The van der Waals surface area contributed by atoms with E-state index in [0.29, 0.717) is 5.56 Å². The molecule has 0 amide bonds. The van der Waals surface area contributed by atoms with Gasteiger partial charge in [0.25, 0.3) is 9.05 Å². The molecular weight excluding hydrogens is 248 g/mol. The third-order valence-electron chi connectivity index (χ3n) is 1.52. The molecule has 0 saturated heterocycles. The van der Waals surface area contributed by atoms with Crippen molar-refractivity contribution in [2.24, 2.45) is 0 Å². The fraction of sp³-hybridized carbons (Fsp3) is 0.143. The Bertz CT molecular complexity index is 479. The summed E-state index contributed by atoms with van der Waals surface area (Å²) in [5.74, 6) is -0.0993. The molecule has 0 aliphatic carbocycles. The van der Waals surface area contributed by atoms with E-state index in [9.17, 15) is 16.8 Å². The summed E-state index contributed by atoms with van der Waals surface area (Å²) < 4.78 is 42.3. The van der Waals surface area contributed by atoms with Crippen LogP contribution in [0.4, 0.5) is 0 Å². The summed E-state index contributed by atoms with van der Waals surface area (Å²) in [5.41, 5.74) is 0.533. The highest BCUT2D eigenvalue weighted by atomic mass is 35.7. The van der Waals surface area contributed by atoms with Crippen LogP contribution in [0.25, 0.3) is 0 Å². The van der Waals surface area contributed by atoms with Gasteiger partial charge in [-0.25, -0.2) is 16.8 Å². The molecule has 78 valence electrons. The molecule has 0 heterocycles. The fourth-order valence-corrected chi connectivity index (χ4v) is 2.19. The van der Waals surface area contributed by atoms with Crippen LogP contribution in [-0.2, 0) is 25.5 Å². The van der Waals surface area contributed by atoms with Gasteiger partial charge in [0, 0.05) is 10.7 Å². The molecule has 14 heavy (non-hydrogen) atoms. The zero-order valence-corrected chi connectivity index (χ0v) is 9.35. The normalized spacial score (nSPS) is 11.9. The molecule has 0 fully saturated rings. The van der Waals surface area contributed by atoms with Gasteiger partial charge in [0.2, 0.25) is 0 Å². The SMILES string of the molecule is O=[SH](=O)Cc1ccc(S(=O)(=O)Cl)cc1. The Morgan fingerprint density at radius 1 is 1.14 bits per heavy atom. The quantitative estimate of drug-likeness (QED) is 0.638. The first-order valence-corrected chi connectivity index (χ1v) is 7.22. The largest absolute Gasteiger partial charge is 0.261 e. The van der Waals surface area contributed by atoms with Crippen LogP contribution in [0.2, 0.25) is 0 Å². The van der Waals surface area contributed by atoms with Crippen molar-refractivity contribution in [2.45, 2.75) is 10.6 Å². The lowest BCUT2D eigenvalue weighted by atomic mass is 10.2. The van der Waals surface area contributed by atoms with Crippen LogP contribution in [0.15, 0.2) is 29.2 Å². The zero-order valence-electron chi connectivity index (χ0n) is 6.88. The monoisotopic (exact) mass is 254 g/mol. The average molecular weight is 255 g/mol. The minimum Gasteiger partial charge on any atom is -0.232 e. The van der Waals surface area contributed by atoms with Crippen molar-refractivity contribution in [3.8, 4) is 0 Å². The Morgan fingerprint density at radius 3 is 2.00 bits per heavy atom. The van der Waals surface area contributed by atoms with Crippen molar-refractivity contribution in [2.75, 3.05) is 0 Å². The number of benzene rings is 1. The maximum Gasteiger partial charge on any atom is 0.261 e. The summed E-state index contributed by atoms with van der Waals surface area (Å²) in [4.78, 5) is -0.0379. The topological polar surface area (TPSA) is 68.3 Å². The smallest absolute Gasteiger partial charge is 0.232 e. The molecule has 0 spiro atoms. The van der Waals surface area contributed by atoms with Crippen molar-refractivity contribution >= 4 is 30.4 Å². The molecule has 0 N–H and O–H groups in total. The maximum atomic E-state index is 10.8. The standard InChI is InChI=1S/C7H7ClO4S2/c8-14(11,12)7-3-1-6(2-4-7)5-13(9)10/h1-4,13H,5H2. The van der Waals surface area contributed by atoms with Gasteiger partial charge in [-0.3, -0.25) is 0 Å². The van der Waals surface area contributed by atoms with Gasteiger partial charge in [-0.2, -0.15) is 0 Å². The molecule has 0 unspecified atom stereocenters. The molecule has 0 atom stereocenters. The molecule has 1 aromatic rings. The zero-order chi connectivity index (χ0) is 10.8. The minimum atomic E-state index is -3.73. The van der Waals surface area contributed by atoms with Crippen molar-refractivity contribution < 1.29 is 16.8 Å². The van der Waals surface area contributed by atoms with Crippen molar-refractivity contribution in [3.63, 3.8) is 0 Å². The highest BCUT2D eigenvalue weighted by Crippen LogP contribution is 2.15. The van der Waals surface area contributed by atoms with Gasteiger partial charge in [0.05, 0.1) is 10.6 Å². The van der Waals surface area contributed by atoms with E-state index in [1.54, 1.807) is 0 Å². The second kappa shape index (κ2) is 4.29. The van der Waals surface area contributed by atoms with Gasteiger partial charge in [-0.15, -0.1) is 0 Å². The Balaban J connectivity index is 3.01. The molecular formula is C7H7ClO4S2. The second-order valence-electron chi connectivity index (χ2n) is 2.57. The van der Waals surface area contributed by atoms with Crippen LogP contribution in [0.1, 0.15) is 5.56 Å². The summed E-state index contributed by atoms with van der Waals surface area (Å²) in [7, 11) is -1.15. The summed E-state index contributed by atoms with van der Waals surface area (Å²) in [6.07, 6.45) is 0. The number of rotatable bonds is 3. The van der Waals surface area contributed by atoms with Crippen molar-refractivity contribution in [3.05, 3.63) is 29.8 Å². The number of hydrogen-bond donors (Lipinski definition) is 1. The summed E-state index contributed by atoms with van der Waals surface area (Å²) in [5, 5.41) is 0. The summed E-state index contributed by atoms with van der Waals surface area (Å²) in [6.45, 7) is 0. The molecule has 1 aromatic carbocycles. The van der Waals surface area contributed by atoms with Crippen LogP contribution in [-0.4, -0.2) is 16.8 Å². The van der Waals surface area contributed by atoms with Crippen molar-refractivity contribution in [1.82, 2.24) is 0 Å². The van der Waals surface area contributed by atoms with Crippen molar-refractivity contribution in [1.29, 1.82) is 0 Å². The van der Waals surface area contributed by atoms with Gasteiger partial charge in [0.15, 0.2) is 0 Å². The van der Waals surface area contributed by atoms with Crippen LogP contribution in [0.5, 0.6) is 0 Å². The molecule has 0 radical (unpaired) electrons. The lowest BCUT2D eigenvalue weighted by Crippen LogP contribution is -1.92. The lowest BCUT2D eigenvalue weighted by molar-refractivity contribution is 0.609. The van der Waals surface area contributed by atoms with E-state index < -0.39 is 19.8 Å². The molecule has 0 aliphatic heterocycles. The molecule has 0 saturated carbocycles. The van der Waals surface area contributed by atoms with E-state index in [2.05, 4.69) is 0 Å². The first-order chi connectivity index (χ1) is 6.39. The van der Waals surface area contributed by atoms with Gasteiger partial charge < -0.3 is 0 Å². The lowest BCUT2D eigenvalue weighted by Gasteiger charge is -1.97. The van der Waals surface area contributed by atoms with E-state index in [0.717, 1.165) is 0 Å². The Labute approximate surface area is 87.9 Å². The first-order valence-electron chi connectivity index (χ1n) is 3.55. The highest BCUT2D eigenvalue weighted by Gasteiger charge is 2.08. The maximum absolute atomic E-state index is 10.8. The molecule has 1 rings (SSSR count). The average Bonchev–Trinajstić information content (AvgIpc) is 2.02. The molecule has 7 heteroatoms. The Hall–Kier alpha value is -0.590. The predicted octanol–water partition coefficient (Wildman–Crippen LogP) is 0.726. The van der Waals surface area contributed by atoms with Crippen LogP contribution < -0.4 is 0 Å². The van der Waals surface area contributed by atoms with Gasteiger partial charge >= 0.3 is 0 Å². The molecule has 0 aromatic heterocycles. The minimum absolute atomic E-state index is 0.0379. The van der Waals surface area contributed by atoms with Gasteiger partial charge in [-0.05, 0) is 17.7 Å². The van der Waals surface area contributed by atoms with Crippen LogP contribution in [0.3, 0.4) is 0 Å². The van der Waals surface area contributed by atoms with E-state index in [-0.39, 0.29) is 10.6 Å². The van der Waals surface area contributed by atoms with Gasteiger partial charge in [-0.1, -0.05) is 12.1 Å². The first kappa shape index (κ1) is 11.5. The van der Waals surface area contributed by atoms with E-state index >= 15 is 0 Å². The van der Waals surface area contributed by atoms with Gasteiger partial charge in [0.1, 0.15) is 10.7 Å². The van der Waals surface area contributed by atoms with E-state index in [1.165, 1.54) is 24.3 Å². The van der Waals surface area contributed by atoms with Crippen LogP contribution in [0, 0.1) is 0 Å². The number of thiol groups is 1. The predicted molar refractivity (Wildman–Crippen MR) is 53.5 cm³/mol. The molecule has 4 nitrogen and oxygen atoms in total. The number of halogens is 1. The third-order valence-corrected chi connectivity index (χ3v) is 3.51. The van der Waals surface area contributed by atoms with Crippen LogP contribution >= 0.6 is 10.7 Å². The fourth-order valence-electron chi connectivity index (χ4n) is 0.906. The second-order valence-corrected chi connectivity index (χ2v) is 6.12. The Kier molecular flexibility index (Phi) is 3.52. The number of hydrogen-bond acceptors (Lipinski definition) is 4.